The summed E-state index contributed by atoms with van der Waals surface area (Å²) in [6.07, 6.45) is 1.77. The van der Waals surface area contributed by atoms with Crippen LogP contribution < -0.4 is 4.90 Å². The van der Waals surface area contributed by atoms with Crippen LogP contribution in [0.5, 0.6) is 0 Å². The molecule has 0 aliphatic carbocycles. The fraction of sp³-hybridized carbons (Fsp3) is 0.214. The van der Waals surface area contributed by atoms with E-state index in [9.17, 15) is 4.39 Å². The van der Waals surface area contributed by atoms with E-state index in [4.69, 9.17) is 0 Å². The van der Waals surface area contributed by atoms with Gasteiger partial charge in [0.15, 0.2) is 0 Å². The summed E-state index contributed by atoms with van der Waals surface area (Å²) in [6, 6.07) is 8.48. The van der Waals surface area contributed by atoms with Crippen molar-refractivity contribution in [3.8, 4) is 0 Å². The second kappa shape index (κ2) is 5.48. The van der Waals surface area contributed by atoms with E-state index in [-0.39, 0.29) is 5.82 Å². The van der Waals surface area contributed by atoms with E-state index in [2.05, 4.69) is 25.8 Å². The average Bonchev–Trinajstić information content (AvgIpc) is 2.35. The van der Waals surface area contributed by atoms with Crippen molar-refractivity contribution in [2.75, 3.05) is 11.4 Å². The molecule has 18 heavy (non-hydrogen) atoms. The number of pyridine rings is 1. The van der Waals surface area contributed by atoms with Crippen molar-refractivity contribution >= 4 is 27.4 Å². The lowest BCUT2D eigenvalue weighted by Crippen LogP contribution is -2.18. The fourth-order valence-electron chi connectivity index (χ4n) is 1.89. The number of hydrogen-bond donors (Lipinski definition) is 0. The molecule has 2 rings (SSSR count). The highest BCUT2D eigenvalue weighted by Gasteiger charge is 2.11. The van der Waals surface area contributed by atoms with Gasteiger partial charge in [-0.1, -0.05) is 0 Å². The normalized spacial score (nSPS) is 10.4. The SMILES string of the molecule is CCN(c1ccc(F)cc1)c1ncc(Br)cc1C. The van der Waals surface area contributed by atoms with Crippen LogP contribution in [0, 0.1) is 12.7 Å². The summed E-state index contributed by atoms with van der Waals surface area (Å²) in [5.41, 5.74) is 2.02. The molecule has 1 aromatic carbocycles. The van der Waals surface area contributed by atoms with E-state index in [0.29, 0.717) is 0 Å². The van der Waals surface area contributed by atoms with Gasteiger partial charge in [-0.25, -0.2) is 9.37 Å². The molecule has 0 unspecified atom stereocenters. The maximum absolute atomic E-state index is 12.9. The maximum atomic E-state index is 12.9. The Morgan fingerprint density at radius 1 is 1.28 bits per heavy atom. The minimum absolute atomic E-state index is 0.227. The molecule has 0 aliphatic rings. The summed E-state index contributed by atoms with van der Waals surface area (Å²) in [7, 11) is 0. The number of nitrogens with zero attached hydrogens (tertiary/aromatic N) is 2. The third kappa shape index (κ3) is 2.70. The number of rotatable bonds is 3. The largest absolute Gasteiger partial charge is 0.326 e. The average molecular weight is 309 g/mol. The predicted octanol–water partition coefficient (Wildman–Crippen LogP) is 4.45. The number of aryl methyl sites for hydroxylation is 1. The van der Waals surface area contributed by atoms with Crippen LogP contribution >= 0.6 is 15.9 Å². The van der Waals surface area contributed by atoms with Crippen LogP contribution in [-0.2, 0) is 0 Å². The lowest BCUT2D eigenvalue weighted by Gasteiger charge is -2.23. The first kappa shape index (κ1) is 13.0. The van der Waals surface area contributed by atoms with E-state index >= 15 is 0 Å². The first-order chi connectivity index (χ1) is 8.61. The molecule has 1 heterocycles. The van der Waals surface area contributed by atoms with Crippen LogP contribution in [0.2, 0.25) is 0 Å². The van der Waals surface area contributed by atoms with Crippen LogP contribution in [0.15, 0.2) is 41.0 Å². The Morgan fingerprint density at radius 3 is 2.50 bits per heavy atom. The second-order valence-corrected chi connectivity index (χ2v) is 4.93. The first-order valence-corrected chi connectivity index (χ1v) is 6.56. The Bertz CT molecular complexity index is 540. The lowest BCUT2D eigenvalue weighted by atomic mass is 10.2. The van der Waals surface area contributed by atoms with Gasteiger partial charge in [-0.2, -0.15) is 0 Å². The molecule has 0 aliphatic heterocycles. The number of benzene rings is 1. The molecule has 0 amide bonds. The van der Waals surface area contributed by atoms with Gasteiger partial charge in [0, 0.05) is 22.9 Å². The van der Waals surface area contributed by atoms with Crippen LogP contribution in [0.3, 0.4) is 0 Å². The standard InChI is InChI=1S/C14H14BrFN2/c1-3-18(13-6-4-12(16)5-7-13)14-10(2)8-11(15)9-17-14/h4-9H,3H2,1-2H3. The molecule has 0 radical (unpaired) electrons. The van der Waals surface area contributed by atoms with Crippen molar-refractivity contribution in [2.24, 2.45) is 0 Å². The zero-order chi connectivity index (χ0) is 13.1. The molecule has 94 valence electrons. The molecule has 4 heteroatoms. The lowest BCUT2D eigenvalue weighted by molar-refractivity contribution is 0.628. The van der Waals surface area contributed by atoms with Gasteiger partial charge in [-0.15, -0.1) is 0 Å². The number of anilines is 2. The monoisotopic (exact) mass is 308 g/mol. The van der Waals surface area contributed by atoms with Gasteiger partial charge in [-0.05, 0) is 65.7 Å². The van der Waals surface area contributed by atoms with E-state index in [1.807, 2.05) is 19.9 Å². The molecule has 2 aromatic rings. The minimum Gasteiger partial charge on any atom is -0.326 e. The second-order valence-electron chi connectivity index (χ2n) is 4.01. The molecule has 0 N–H and O–H groups in total. The Morgan fingerprint density at radius 2 is 1.94 bits per heavy atom. The van der Waals surface area contributed by atoms with Gasteiger partial charge in [0.05, 0.1) is 0 Å². The van der Waals surface area contributed by atoms with Gasteiger partial charge >= 0.3 is 0 Å². The van der Waals surface area contributed by atoms with Crippen molar-refractivity contribution < 1.29 is 4.39 Å². The molecule has 0 saturated heterocycles. The van der Waals surface area contributed by atoms with Gasteiger partial charge in [0.25, 0.3) is 0 Å². The smallest absolute Gasteiger partial charge is 0.135 e. The number of aromatic nitrogens is 1. The molecule has 0 spiro atoms. The van der Waals surface area contributed by atoms with Gasteiger partial charge in [0.2, 0.25) is 0 Å². The van der Waals surface area contributed by atoms with Crippen LogP contribution in [-0.4, -0.2) is 11.5 Å². The summed E-state index contributed by atoms with van der Waals surface area (Å²) >= 11 is 3.40. The molecule has 2 nitrogen and oxygen atoms in total. The highest BCUT2D eigenvalue weighted by Crippen LogP contribution is 2.27. The maximum Gasteiger partial charge on any atom is 0.135 e. The summed E-state index contributed by atoms with van der Waals surface area (Å²) in [5.74, 6) is 0.669. The molecular formula is C14H14BrFN2. The summed E-state index contributed by atoms with van der Waals surface area (Å²) < 4.78 is 13.9. The Balaban J connectivity index is 2.41. The summed E-state index contributed by atoms with van der Waals surface area (Å²) in [5, 5.41) is 0. The van der Waals surface area contributed by atoms with Crippen LogP contribution in [0.4, 0.5) is 15.9 Å². The Labute approximate surface area is 115 Å². The fourth-order valence-corrected chi connectivity index (χ4v) is 2.34. The van der Waals surface area contributed by atoms with Crippen LogP contribution in [0.25, 0.3) is 0 Å². The highest BCUT2D eigenvalue weighted by molar-refractivity contribution is 9.10. The summed E-state index contributed by atoms with van der Waals surface area (Å²) in [6.45, 7) is 4.84. The van der Waals surface area contributed by atoms with E-state index in [0.717, 1.165) is 28.1 Å². The van der Waals surface area contributed by atoms with E-state index in [1.54, 1.807) is 18.3 Å². The molecule has 0 fully saturated rings. The zero-order valence-electron chi connectivity index (χ0n) is 10.3. The Hall–Kier alpha value is -1.42. The van der Waals surface area contributed by atoms with Gasteiger partial charge in [-0.3, -0.25) is 0 Å². The molecule has 0 atom stereocenters. The molecule has 0 bridgehead atoms. The first-order valence-electron chi connectivity index (χ1n) is 5.77. The third-order valence-corrected chi connectivity index (χ3v) is 3.16. The third-order valence-electron chi connectivity index (χ3n) is 2.73. The minimum atomic E-state index is -0.227. The van der Waals surface area contributed by atoms with Crippen LogP contribution in [0.1, 0.15) is 12.5 Å². The highest BCUT2D eigenvalue weighted by atomic mass is 79.9. The quantitative estimate of drug-likeness (QED) is 0.833. The number of halogens is 2. The molecule has 1 aromatic heterocycles. The van der Waals surface area contributed by atoms with Crippen molar-refractivity contribution in [3.63, 3.8) is 0 Å². The van der Waals surface area contributed by atoms with Gasteiger partial charge in [0.1, 0.15) is 11.6 Å². The van der Waals surface area contributed by atoms with Gasteiger partial charge < -0.3 is 4.90 Å². The predicted molar refractivity (Wildman–Crippen MR) is 75.8 cm³/mol. The van der Waals surface area contributed by atoms with Crippen molar-refractivity contribution in [1.29, 1.82) is 0 Å². The van der Waals surface area contributed by atoms with E-state index < -0.39 is 0 Å². The van der Waals surface area contributed by atoms with Crippen molar-refractivity contribution in [1.82, 2.24) is 4.98 Å². The zero-order valence-corrected chi connectivity index (χ0v) is 11.9. The number of hydrogen-bond acceptors (Lipinski definition) is 2. The van der Waals surface area contributed by atoms with E-state index in [1.165, 1.54) is 12.1 Å². The van der Waals surface area contributed by atoms with Crippen molar-refractivity contribution in [3.05, 3.63) is 52.4 Å². The summed E-state index contributed by atoms with van der Waals surface area (Å²) in [4.78, 5) is 6.49. The van der Waals surface area contributed by atoms with Crippen molar-refractivity contribution in [2.45, 2.75) is 13.8 Å². The Kier molecular flexibility index (Phi) is 3.97. The molecule has 0 saturated carbocycles. The molecular weight excluding hydrogens is 295 g/mol. The topological polar surface area (TPSA) is 16.1 Å².